The lowest BCUT2D eigenvalue weighted by Crippen LogP contribution is -1.99. The summed E-state index contributed by atoms with van der Waals surface area (Å²) in [5.74, 6) is -0.154. The molecule has 0 saturated carbocycles. The van der Waals surface area contributed by atoms with E-state index in [4.69, 9.17) is 4.74 Å². The number of H-pyrrole nitrogens is 1. The van der Waals surface area contributed by atoms with Gasteiger partial charge in [-0.25, -0.2) is 0 Å². The number of thiazole rings is 1. The van der Waals surface area contributed by atoms with Crippen LogP contribution in [-0.2, 0) is 0 Å². The Hall–Kier alpha value is -1.69. The van der Waals surface area contributed by atoms with Crippen molar-refractivity contribution in [1.29, 1.82) is 0 Å². The van der Waals surface area contributed by atoms with Crippen LogP contribution in [0.25, 0.3) is 0 Å². The lowest BCUT2D eigenvalue weighted by molar-refractivity contribution is 0.103. The summed E-state index contributed by atoms with van der Waals surface area (Å²) in [6.07, 6.45) is 3.00. The molecule has 0 bridgehead atoms. The van der Waals surface area contributed by atoms with Crippen molar-refractivity contribution in [2.24, 2.45) is 0 Å². The third kappa shape index (κ3) is 1.51. The first-order valence-corrected chi connectivity index (χ1v) is 4.72. The number of hydrogen-bond donors (Lipinski definition) is 1. The minimum atomic E-state index is -0.154. The summed E-state index contributed by atoms with van der Waals surface area (Å²) in [4.78, 5) is 15.7. The maximum Gasteiger partial charge on any atom is 0.273 e. The van der Waals surface area contributed by atoms with Gasteiger partial charge in [0.25, 0.3) is 5.19 Å². The number of methoxy groups -OCH3 is 1. The number of nitrogens with one attached hydrogen (secondary N) is 1. The molecule has 0 amide bonds. The first kappa shape index (κ1) is 8.89. The van der Waals surface area contributed by atoms with Crippen molar-refractivity contribution in [3.8, 4) is 5.19 Å². The second-order valence-electron chi connectivity index (χ2n) is 2.52. The zero-order valence-electron chi connectivity index (χ0n) is 7.35. The normalized spacial score (nSPS) is 10.1. The van der Waals surface area contributed by atoms with Crippen LogP contribution in [0.5, 0.6) is 5.19 Å². The first-order valence-electron chi connectivity index (χ1n) is 3.84. The Kier molecular flexibility index (Phi) is 2.28. The number of rotatable bonds is 3. The topological polar surface area (TPSA) is 67.9 Å². The van der Waals surface area contributed by atoms with Crippen molar-refractivity contribution in [2.75, 3.05) is 7.11 Å². The molecule has 6 heteroatoms. The van der Waals surface area contributed by atoms with Crippen LogP contribution in [0.3, 0.4) is 0 Å². The van der Waals surface area contributed by atoms with E-state index < -0.39 is 0 Å². The zero-order chi connectivity index (χ0) is 9.97. The van der Waals surface area contributed by atoms with Gasteiger partial charge in [0.1, 0.15) is 5.69 Å². The molecule has 0 atom stereocenters. The highest BCUT2D eigenvalue weighted by molar-refractivity contribution is 7.11. The average Bonchev–Trinajstić information content (AvgIpc) is 2.88. The third-order valence-corrected chi connectivity index (χ3v) is 2.45. The van der Waals surface area contributed by atoms with E-state index in [1.54, 1.807) is 5.38 Å². The second kappa shape index (κ2) is 3.59. The number of carbonyl (C=O) groups excluding carboxylic acids is 1. The number of carbonyl (C=O) groups is 1. The van der Waals surface area contributed by atoms with Crippen molar-refractivity contribution < 1.29 is 9.53 Å². The number of hydrogen-bond acceptors (Lipinski definition) is 5. The van der Waals surface area contributed by atoms with Crippen molar-refractivity contribution in [3.05, 3.63) is 29.0 Å². The van der Waals surface area contributed by atoms with E-state index in [1.807, 2.05) is 0 Å². The Morgan fingerprint density at radius 2 is 2.50 bits per heavy atom. The summed E-state index contributed by atoms with van der Waals surface area (Å²) in [5, 5.41) is 8.41. The van der Waals surface area contributed by atoms with E-state index in [-0.39, 0.29) is 5.78 Å². The molecule has 2 aromatic rings. The van der Waals surface area contributed by atoms with E-state index in [0.717, 1.165) is 0 Å². The van der Waals surface area contributed by atoms with Gasteiger partial charge in [-0.15, -0.1) is 0 Å². The summed E-state index contributed by atoms with van der Waals surface area (Å²) < 4.78 is 4.89. The maximum atomic E-state index is 11.7. The van der Waals surface area contributed by atoms with Gasteiger partial charge in [-0.05, 0) is 0 Å². The summed E-state index contributed by atoms with van der Waals surface area (Å²) in [5.41, 5.74) is 0.881. The lowest BCUT2D eigenvalue weighted by Gasteiger charge is -1.90. The number of ether oxygens (including phenoxy) is 1. The molecular weight excluding hydrogens is 202 g/mol. The van der Waals surface area contributed by atoms with Crippen LogP contribution in [0.2, 0.25) is 0 Å². The van der Waals surface area contributed by atoms with E-state index in [0.29, 0.717) is 16.5 Å². The van der Waals surface area contributed by atoms with Crippen LogP contribution in [0, 0.1) is 0 Å². The highest BCUT2D eigenvalue weighted by Gasteiger charge is 2.13. The van der Waals surface area contributed by atoms with E-state index in [1.165, 1.54) is 30.8 Å². The number of aromatic nitrogens is 3. The van der Waals surface area contributed by atoms with Crippen molar-refractivity contribution >= 4 is 17.1 Å². The Morgan fingerprint density at radius 3 is 3.07 bits per heavy atom. The fraction of sp³-hybridized carbons (Fsp3) is 0.125. The van der Waals surface area contributed by atoms with Gasteiger partial charge in [0.15, 0.2) is 0 Å². The molecule has 1 N–H and O–H groups in total. The van der Waals surface area contributed by atoms with Crippen molar-refractivity contribution in [3.63, 3.8) is 0 Å². The van der Waals surface area contributed by atoms with E-state index in [2.05, 4.69) is 15.2 Å². The van der Waals surface area contributed by atoms with Crippen LogP contribution >= 0.6 is 11.3 Å². The molecule has 2 rings (SSSR count). The van der Waals surface area contributed by atoms with Crippen molar-refractivity contribution in [2.45, 2.75) is 0 Å². The van der Waals surface area contributed by atoms with Gasteiger partial charge >= 0.3 is 0 Å². The summed E-state index contributed by atoms with van der Waals surface area (Å²) >= 11 is 1.29. The van der Waals surface area contributed by atoms with Gasteiger partial charge in [-0.1, -0.05) is 11.3 Å². The van der Waals surface area contributed by atoms with Crippen LogP contribution in [0.15, 0.2) is 17.8 Å². The quantitative estimate of drug-likeness (QED) is 0.769. The van der Waals surface area contributed by atoms with E-state index >= 15 is 0 Å². The lowest BCUT2D eigenvalue weighted by atomic mass is 10.2. The van der Waals surface area contributed by atoms with Gasteiger partial charge < -0.3 is 4.74 Å². The van der Waals surface area contributed by atoms with Crippen LogP contribution < -0.4 is 4.74 Å². The summed E-state index contributed by atoms with van der Waals surface area (Å²) in [6.45, 7) is 0. The number of nitrogens with zero attached hydrogens (tertiary/aromatic N) is 2. The largest absolute Gasteiger partial charge is 0.473 e. The van der Waals surface area contributed by atoms with Crippen LogP contribution in [0.4, 0.5) is 0 Å². The Balaban J connectivity index is 2.28. The molecule has 2 heterocycles. The van der Waals surface area contributed by atoms with Gasteiger partial charge in [-0.3, -0.25) is 9.89 Å². The Morgan fingerprint density at radius 1 is 1.64 bits per heavy atom. The minimum absolute atomic E-state index is 0.154. The smallest absolute Gasteiger partial charge is 0.273 e. The fourth-order valence-corrected chi connectivity index (χ4v) is 1.60. The molecule has 0 unspecified atom stereocenters. The summed E-state index contributed by atoms with van der Waals surface area (Å²) in [6, 6.07) is 0. The molecule has 0 aromatic carbocycles. The Bertz CT molecular complexity index is 435. The molecule has 0 fully saturated rings. The van der Waals surface area contributed by atoms with Gasteiger partial charge in [0.2, 0.25) is 5.78 Å². The van der Waals surface area contributed by atoms with Gasteiger partial charge in [-0.2, -0.15) is 10.1 Å². The second-order valence-corrected chi connectivity index (χ2v) is 3.34. The molecule has 0 saturated heterocycles. The monoisotopic (exact) mass is 209 g/mol. The first-order chi connectivity index (χ1) is 6.81. The molecule has 0 aliphatic rings. The zero-order valence-corrected chi connectivity index (χ0v) is 8.17. The van der Waals surface area contributed by atoms with Gasteiger partial charge in [0.05, 0.1) is 18.9 Å². The number of ketones is 1. The summed E-state index contributed by atoms with van der Waals surface area (Å²) in [7, 11) is 1.52. The third-order valence-electron chi connectivity index (χ3n) is 1.65. The molecule has 0 aliphatic heterocycles. The molecule has 14 heavy (non-hydrogen) atoms. The molecule has 0 spiro atoms. The number of aromatic amines is 1. The molecule has 72 valence electrons. The maximum absolute atomic E-state index is 11.7. The fourth-order valence-electron chi connectivity index (χ4n) is 0.978. The molecule has 0 radical (unpaired) electrons. The molecular formula is C8H7N3O2S. The minimum Gasteiger partial charge on any atom is -0.473 e. The predicted molar refractivity (Wildman–Crippen MR) is 50.7 cm³/mol. The highest BCUT2D eigenvalue weighted by atomic mass is 32.1. The molecule has 0 aliphatic carbocycles. The van der Waals surface area contributed by atoms with Crippen LogP contribution in [-0.4, -0.2) is 28.1 Å². The van der Waals surface area contributed by atoms with Gasteiger partial charge in [0, 0.05) is 11.6 Å². The molecule has 2 aromatic heterocycles. The van der Waals surface area contributed by atoms with Crippen LogP contribution in [0.1, 0.15) is 16.1 Å². The van der Waals surface area contributed by atoms with E-state index in [9.17, 15) is 4.79 Å². The van der Waals surface area contributed by atoms with Crippen molar-refractivity contribution in [1.82, 2.24) is 15.2 Å². The SMILES string of the molecule is COc1nc(C(=O)c2cn[nH]c2)cs1. The Labute approximate surface area is 83.8 Å². The highest BCUT2D eigenvalue weighted by Crippen LogP contribution is 2.19. The predicted octanol–water partition coefficient (Wildman–Crippen LogP) is 1.11. The average molecular weight is 209 g/mol. The standard InChI is InChI=1S/C8H7N3O2S/c1-13-8-11-6(4-14-8)7(12)5-2-9-10-3-5/h2-4H,1H3,(H,9,10). The molecule has 5 nitrogen and oxygen atoms in total.